The fourth-order valence-electron chi connectivity index (χ4n) is 2.77. The summed E-state index contributed by atoms with van der Waals surface area (Å²) in [5, 5.41) is 3.41. The van der Waals surface area contributed by atoms with Crippen molar-refractivity contribution >= 4 is 40.7 Å². The highest BCUT2D eigenvalue weighted by molar-refractivity contribution is 9.10. The quantitative estimate of drug-likeness (QED) is 0.709. The highest BCUT2D eigenvalue weighted by Crippen LogP contribution is 2.35. The molecule has 1 N–H and O–H groups in total. The van der Waals surface area contributed by atoms with Gasteiger partial charge < -0.3 is 10.1 Å². The number of hydrogen-bond acceptors (Lipinski definition) is 3. The van der Waals surface area contributed by atoms with E-state index in [1.54, 1.807) is 7.11 Å². The largest absolute Gasteiger partial charge is 0.496 e. The third-order valence-corrected chi connectivity index (χ3v) is 4.28. The predicted octanol–water partition coefficient (Wildman–Crippen LogP) is 4.21. The highest BCUT2D eigenvalue weighted by atomic mass is 79.9. The molecule has 0 bridgehead atoms. The molecule has 1 atom stereocenters. The fraction of sp³-hybridized carbons (Fsp3) is 0.500. The van der Waals surface area contributed by atoms with Gasteiger partial charge in [-0.2, -0.15) is 0 Å². The summed E-state index contributed by atoms with van der Waals surface area (Å²) < 4.78 is 6.67. The molecule has 1 aliphatic rings. The van der Waals surface area contributed by atoms with E-state index in [0.717, 1.165) is 49.2 Å². The maximum absolute atomic E-state index is 5.56. The third-order valence-electron chi connectivity index (χ3n) is 3.79. The van der Waals surface area contributed by atoms with Gasteiger partial charge in [-0.25, -0.2) is 0 Å². The van der Waals surface area contributed by atoms with Crippen LogP contribution in [-0.2, 0) is 0 Å². The second-order valence-corrected chi connectivity index (χ2v) is 5.97. The van der Waals surface area contributed by atoms with E-state index in [1.807, 2.05) is 18.2 Å². The van der Waals surface area contributed by atoms with Crippen molar-refractivity contribution in [2.75, 3.05) is 33.3 Å². The van der Waals surface area contributed by atoms with Gasteiger partial charge in [0.25, 0.3) is 0 Å². The van der Waals surface area contributed by atoms with Gasteiger partial charge in [-0.15, -0.1) is 31.4 Å². The normalized spacial score (nSPS) is 16.1. The standard InChI is InChI=1S/C16H23BrN2O.2ClH/c1-3-4-5-15(19-10-8-18-9-11-19)14-12-13(17)6-7-16(14)20-2;;/h3,6-7,12,15,18H,1,4-5,8-11H2,2H3;2*1H/t15-;;/m0../s1. The Morgan fingerprint density at radius 2 is 2.05 bits per heavy atom. The maximum Gasteiger partial charge on any atom is 0.123 e. The van der Waals surface area contributed by atoms with E-state index in [1.165, 1.54) is 5.56 Å². The van der Waals surface area contributed by atoms with E-state index in [9.17, 15) is 0 Å². The molecule has 1 fully saturated rings. The Kier molecular flexibility index (Phi) is 11.2. The Bertz CT molecular complexity index is 454. The third kappa shape index (κ3) is 5.74. The van der Waals surface area contributed by atoms with Gasteiger partial charge in [-0.05, 0) is 31.0 Å². The number of benzene rings is 1. The molecular weight excluding hydrogens is 387 g/mol. The zero-order valence-corrected chi connectivity index (χ0v) is 16.1. The van der Waals surface area contributed by atoms with E-state index >= 15 is 0 Å². The number of ether oxygens (including phenoxy) is 1. The molecule has 22 heavy (non-hydrogen) atoms. The van der Waals surface area contributed by atoms with E-state index in [4.69, 9.17) is 4.74 Å². The first-order valence-corrected chi connectivity index (χ1v) is 7.94. The Labute approximate surface area is 154 Å². The minimum Gasteiger partial charge on any atom is -0.496 e. The topological polar surface area (TPSA) is 24.5 Å². The van der Waals surface area contributed by atoms with E-state index in [0.29, 0.717) is 6.04 Å². The van der Waals surface area contributed by atoms with Gasteiger partial charge in [0.05, 0.1) is 7.11 Å². The number of nitrogens with zero attached hydrogens (tertiary/aromatic N) is 1. The Morgan fingerprint density at radius 3 is 2.64 bits per heavy atom. The maximum atomic E-state index is 5.56. The molecule has 1 aliphatic heterocycles. The van der Waals surface area contributed by atoms with E-state index < -0.39 is 0 Å². The van der Waals surface area contributed by atoms with E-state index in [2.05, 4.69) is 38.8 Å². The fourth-order valence-corrected chi connectivity index (χ4v) is 3.15. The van der Waals surface area contributed by atoms with Gasteiger partial charge in [0, 0.05) is 42.3 Å². The molecule has 0 saturated carbocycles. The number of rotatable bonds is 6. The summed E-state index contributed by atoms with van der Waals surface area (Å²) in [5.74, 6) is 0.973. The van der Waals surface area contributed by atoms with Crippen LogP contribution in [0.1, 0.15) is 24.4 Å². The number of nitrogens with one attached hydrogen (secondary N) is 1. The molecule has 0 spiro atoms. The SMILES string of the molecule is C=CCC[C@@H](c1cc(Br)ccc1OC)N1CCNCC1.Cl.Cl. The molecule has 0 aromatic heterocycles. The molecule has 0 amide bonds. The van der Waals surface area contributed by atoms with Crippen LogP contribution in [0.3, 0.4) is 0 Å². The molecule has 126 valence electrons. The van der Waals surface area contributed by atoms with Crippen molar-refractivity contribution in [3.63, 3.8) is 0 Å². The Morgan fingerprint density at radius 1 is 1.36 bits per heavy atom. The van der Waals surface area contributed by atoms with Crippen LogP contribution in [-0.4, -0.2) is 38.2 Å². The van der Waals surface area contributed by atoms with Crippen LogP contribution in [0.5, 0.6) is 5.75 Å². The molecule has 2 rings (SSSR count). The van der Waals surface area contributed by atoms with E-state index in [-0.39, 0.29) is 24.8 Å². The highest BCUT2D eigenvalue weighted by Gasteiger charge is 2.24. The van der Waals surface area contributed by atoms with Crippen LogP contribution < -0.4 is 10.1 Å². The van der Waals surface area contributed by atoms with Gasteiger partial charge in [0.15, 0.2) is 0 Å². The lowest BCUT2D eigenvalue weighted by Gasteiger charge is -2.35. The van der Waals surface area contributed by atoms with Crippen molar-refractivity contribution in [2.24, 2.45) is 0 Å². The average Bonchev–Trinajstić information content (AvgIpc) is 2.49. The van der Waals surface area contributed by atoms with Gasteiger partial charge in [0.1, 0.15) is 5.75 Å². The Balaban J connectivity index is 0.00000220. The second-order valence-electron chi connectivity index (χ2n) is 5.05. The van der Waals surface area contributed by atoms with Crippen molar-refractivity contribution in [2.45, 2.75) is 18.9 Å². The second kappa shape index (κ2) is 11.3. The van der Waals surface area contributed by atoms with Crippen molar-refractivity contribution in [3.05, 3.63) is 40.9 Å². The molecule has 3 nitrogen and oxygen atoms in total. The zero-order chi connectivity index (χ0) is 14.4. The van der Waals surface area contributed by atoms with Crippen LogP contribution in [0.15, 0.2) is 35.3 Å². The number of hydrogen-bond donors (Lipinski definition) is 1. The summed E-state index contributed by atoms with van der Waals surface area (Å²) >= 11 is 3.58. The van der Waals surface area contributed by atoms with Crippen molar-refractivity contribution in [1.29, 1.82) is 0 Å². The summed E-state index contributed by atoms with van der Waals surface area (Å²) in [5.41, 5.74) is 1.27. The molecule has 0 aliphatic carbocycles. The summed E-state index contributed by atoms with van der Waals surface area (Å²) in [6, 6.07) is 6.66. The molecule has 1 aromatic rings. The first-order valence-electron chi connectivity index (χ1n) is 7.15. The first kappa shape index (κ1) is 21.7. The lowest BCUT2D eigenvalue weighted by atomic mass is 9.98. The van der Waals surface area contributed by atoms with Crippen molar-refractivity contribution < 1.29 is 4.74 Å². The van der Waals surface area contributed by atoms with Gasteiger partial charge in [-0.1, -0.05) is 22.0 Å². The molecule has 0 radical (unpaired) electrons. The van der Waals surface area contributed by atoms with Crippen molar-refractivity contribution in [1.82, 2.24) is 10.2 Å². The minimum absolute atomic E-state index is 0. The van der Waals surface area contributed by atoms with Crippen LogP contribution >= 0.6 is 40.7 Å². The number of piperazine rings is 1. The molecule has 1 aromatic carbocycles. The first-order chi connectivity index (χ1) is 9.76. The van der Waals surface area contributed by atoms with Crippen LogP contribution in [0.2, 0.25) is 0 Å². The Hall–Kier alpha value is -0.260. The smallest absolute Gasteiger partial charge is 0.123 e. The van der Waals surface area contributed by atoms with Crippen LogP contribution in [0, 0.1) is 0 Å². The number of methoxy groups -OCH3 is 1. The number of allylic oxidation sites excluding steroid dienone is 1. The van der Waals surface area contributed by atoms with Crippen molar-refractivity contribution in [3.8, 4) is 5.75 Å². The summed E-state index contributed by atoms with van der Waals surface area (Å²) in [7, 11) is 1.75. The van der Waals surface area contributed by atoms with Gasteiger partial charge in [-0.3, -0.25) is 4.90 Å². The van der Waals surface area contributed by atoms with Gasteiger partial charge in [0.2, 0.25) is 0 Å². The lowest BCUT2D eigenvalue weighted by molar-refractivity contribution is 0.163. The van der Waals surface area contributed by atoms with Crippen LogP contribution in [0.25, 0.3) is 0 Å². The lowest BCUT2D eigenvalue weighted by Crippen LogP contribution is -2.45. The van der Waals surface area contributed by atoms with Gasteiger partial charge >= 0.3 is 0 Å². The molecule has 6 heteroatoms. The minimum atomic E-state index is 0. The summed E-state index contributed by atoms with van der Waals surface area (Å²) in [6.07, 6.45) is 4.10. The molecule has 0 unspecified atom stereocenters. The summed E-state index contributed by atoms with van der Waals surface area (Å²) in [4.78, 5) is 2.55. The molecular formula is C16H25BrCl2N2O. The molecule has 1 saturated heterocycles. The zero-order valence-electron chi connectivity index (χ0n) is 12.9. The number of halogens is 3. The van der Waals surface area contributed by atoms with Crippen LogP contribution in [0.4, 0.5) is 0 Å². The molecule has 1 heterocycles. The monoisotopic (exact) mass is 410 g/mol. The predicted molar refractivity (Wildman–Crippen MR) is 102 cm³/mol. The summed E-state index contributed by atoms with van der Waals surface area (Å²) in [6.45, 7) is 8.13. The average molecular weight is 412 g/mol.